The van der Waals surface area contributed by atoms with Crippen molar-refractivity contribution in [2.75, 3.05) is 13.2 Å². The largest absolute Gasteiger partial charge is 0.394 e. The van der Waals surface area contributed by atoms with Crippen molar-refractivity contribution in [3.8, 4) is 0 Å². The molecule has 0 bridgehead atoms. The SMILES string of the molecule is CC(CO)(CO)NS(=O)(=O)c1cc([N+](=O)[O-])c(F)cc1F. The van der Waals surface area contributed by atoms with E-state index in [9.17, 15) is 27.3 Å². The van der Waals surface area contributed by atoms with Crippen molar-refractivity contribution in [1.29, 1.82) is 0 Å². The Balaban J connectivity index is 3.39. The Kier molecular flexibility index (Phi) is 4.94. The Morgan fingerprint density at radius 3 is 2.24 bits per heavy atom. The molecule has 0 amide bonds. The van der Waals surface area contributed by atoms with Gasteiger partial charge in [0.2, 0.25) is 15.8 Å². The number of sulfonamides is 1. The van der Waals surface area contributed by atoms with Gasteiger partial charge in [0, 0.05) is 12.1 Å². The molecule has 1 aromatic carbocycles. The maximum Gasteiger partial charge on any atom is 0.306 e. The monoisotopic (exact) mass is 326 g/mol. The molecule has 0 fully saturated rings. The van der Waals surface area contributed by atoms with Crippen LogP contribution in [-0.4, -0.2) is 42.3 Å². The van der Waals surface area contributed by atoms with Gasteiger partial charge in [-0.05, 0) is 6.92 Å². The Bertz CT molecular complexity index is 660. The molecule has 0 aliphatic heterocycles. The number of nitrogens with one attached hydrogen (secondary N) is 1. The molecule has 0 heterocycles. The van der Waals surface area contributed by atoms with Gasteiger partial charge in [0.25, 0.3) is 0 Å². The predicted molar refractivity (Wildman–Crippen MR) is 65.9 cm³/mol. The fourth-order valence-electron chi connectivity index (χ4n) is 1.36. The molecule has 0 saturated heterocycles. The first-order valence-corrected chi connectivity index (χ1v) is 6.94. The van der Waals surface area contributed by atoms with E-state index in [-0.39, 0.29) is 12.1 Å². The summed E-state index contributed by atoms with van der Waals surface area (Å²) in [5.41, 5.74) is -2.93. The second-order valence-corrected chi connectivity index (χ2v) is 6.12. The highest BCUT2D eigenvalue weighted by Crippen LogP contribution is 2.25. The number of benzene rings is 1. The van der Waals surface area contributed by atoms with Crippen LogP contribution in [0.1, 0.15) is 6.92 Å². The summed E-state index contributed by atoms with van der Waals surface area (Å²) in [4.78, 5) is 8.19. The number of nitrogens with zero attached hydrogens (tertiary/aromatic N) is 1. The second-order valence-electron chi connectivity index (χ2n) is 4.47. The highest BCUT2D eigenvalue weighted by Gasteiger charge is 2.33. The van der Waals surface area contributed by atoms with Gasteiger partial charge in [-0.1, -0.05) is 0 Å². The second kappa shape index (κ2) is 5.97. The molecule has 3 N–H and O–H groups in total. The van der Waals surface area contributed by atoms with Gasteiger partial charge in [-0.25, -0.2) is 17.5 Å². The fourth-order valence-corrected chi connectivity index (χ4v) is 2.83. The van der Waals surface area contributed by atoms with Crippen LogP contribution >= 0.6 is 0 Å². The van der Waals surface area contributed by atoms with Crippen molar-refractivity contribution in [1.82, 2.24) is 4.72 Å². The summed E-state index contributed by atoms with van der Waals surface area (Å²) in [5.74, 6) is -3.06. The molecule has 0 radical (unpaired) electrons. The van der Waals surface area contributed by atoms with Gasteiger partial charge in [-0.15, -0.1) is 0 Å². The zero-order valence-electron chi connectivity index (χ0n) is 10.7. The number of nitro groups is 1. The number of aliphatic hydroxyl groups excluding tert-OH is 2. The van der Waals surface area contributed by atoms with Crippen LogP contribution in [-0.2, 0) is 10.0 Å². The lowest BCUT2D eigenvalue weighted by Gasteiger charge is -2.25. The first-order chi connectivity index (χ1) is 9.56. The van der Waals surface area contributed by atoms with Crippen molar-refractivity contribution in [3.05, 3.63) is 33.9 Å². The maximum atomic E-state index is 13.6. The Hall–Kier alpha value is -1.69. The third-order valence-electron chi connectivity index (χ3n) is 2.57. The van der Waals surface area contributed by atoms with Gasteiger partial charge < -0.3 is 10.2 Å². The summed E-state index contributed by atoms with van der Waals surface area (Å²) < 4.78 is 52.4. The first-order valence-electron chi connectivity index (χ1n) is 5.45. The molecule has 0 unspecified atom stereocenters. The summed E-state index contributed by atoms with van der Waals surface area (Å²) in [7, 11) is -4.66. The number of aliphatic hydroxyl groups is 2. The van der Waals surface area contributed by atoms with Gasteiger partial charge in [0.1, 0.15) is 10.7 Å². The van der Waals surface area contributed by atoms with E-state index in [1.54, 1.807) is 4.72 Å². The molecule has 11 heteroatoms. The van der Waals surface area contributed by atoms with Crippen molar-refractivity contribution < 1.29 is 32.3 Å². The molecule has 118 valence electrons. The highest BCUT2D eigenvalue weighted by atomic mass is 32.2. The predicted octanol–water partition coefficient (Wildman–Crippen LogP) is -0.105. The zero-order valence-corrected chi connectivity index (χ0v) is 11.5. The molecule has 8 nitrogen and oxygen atoms in total. The van der Waals surface area contributed by atoms with E-state index in [1.165, 1.54) is 0 Å². The van der Waals surface area contributed by atoms with Crippen molar-refractivity contribution >= 4 is 15.7 Å². The zero-order chi connectivity index (χ0) is 16.4. The van der Waals surface area contributed by atoms with Crippen LogP contribution in [0.5, 0.6) is 0 Å². The van der Waals surface area contributed by atoms with Crippen molar-refractivity contribution in [3.63, 3.8) is 0 Å². The van der Waals surface area contributed by atoms with E-state index in [1.807, 2.05) is 0 Å². The third kappa shape index (κ3) is 3.69. The van der Waals surface area contributed by atoms with Gasteiger partial charge in [0.15, 0.2) is 0 Å². The van der Waals surface area contributed by atoms with Crippen molar-refractivity contribution in [2.24, 2.45) is 0 Å². The molecule has 1 rings (SSSR count). The Labute approximate surface area is 118 Å². The van der Waals surface area contributed by atoms with Gasteiger partial charge in [-0.2, -0.15) is 4.39 Å². The summed E-state index contributed by atoms with van der Waals surface area (Å²) in [6.45, 7) is -0.498. The van der Waals surface area contributed by atoms with Crippen LogP contribution in [0.15, 0.2) is 17.0 Å². The van der Waals surface area contributed by atoms with E-state index in [0.717, 1.165) is 6.92 Å². The van der Waals surface area contributed by atoms with Crippen LogP contribution in [0.25, 0.3) is 0 Å². The molecular formula is C10H12F2N2O6S. The van der Waals surface area contributed by atoms with E-state index in [4.69, 9.17) is 10.2 Å². The topological polar surface area (TPSA) is 130 Å². The molecule has 0 spiro atoms. The number of nitro benzene ring substituents is 1. The van der Waals surface area contributed by atoms with Crippen LogP contribution < -0.4 is 4.72 Å². The van der Waals surface area contributed by atoms with E-state index in [0.29, 0.717) is 0 Å². The fraction of sp³-hybridized carbons (Fsp3) is 0.400. The maximum absolute atomic E-state index is 13.6. The molecule has 0 aromatic heterocycles. The quantitative estimate of drug-likeness (QED) is 0.494. The van der Waals surface area contributed by atoms with Crippen LogP contribution in [0.4, 0.5) is 14.5 Å². The summed E-state index contributed by atoms with van der Waals surface area (Å²) >= 11 is 0. The molecule has 21 heavy (non-hydrogen) atoms. The van der Waals surface area contributed by atoms with Crippen molar-refractivity contribution in [2.45, 2.75) is 17.4 Å². The minimum Gasteiger partial charge on any atom is -0.394 e. The summed E-state index contributed by atoms with van der Waals surface area (Å²) in [6.07, 6.45) is 0. The van der Waals surface area contributed by atoms with E-state index >= 15 is 0 Å². The van der Waals surface area contributed by atoms with Gasteiger partial charge in [0.05, 0.1) is 23.7 Å². The average molecular weight is 326 g/mol. The smallest absolute Gasteiger partial charge is 0.306 e. The van der Waals surface area contributed by atoms with E-state index < -0.39 is 55.9 Å². The number of halogens is 2. The molecular weight excluding hydrogens is 314 g/mol. The molecule has 0 saturated carbocycles. The summed E-state index contributed by atoms with van der Waals surface area (Å²) in [6, 6.07) is 0.296. The molecule has 0 aliphatic carbocycles. The minimum atomic E-state index is -4.66. The first kappa shape index (κ1) is 17.4. The lowest BCUT2D eigenvalue weighted by Crippen LogP contribution is -2.51. The lowest BCUT2D eigenvalue weighted by atomic mass is 10.1. The average Bonchev–Trinajstić information content (AvgIpc) is 2.37. The Morgan fingerprint density at radius 2 is 1.81 bits per heavy atom. The van der Waals surface area contributed by atoms with Crippen LogP contribution in [0.3, 0.4) is 0 Å². The standard InChI is InChI=1S/C10H12F2N2O6S/c1-10(4-15,5-16)13-21(19,20)9-3-8(14(17)18)6(11)2-7(9)12/h2-3,13,15-16H,4-5H2,1H3. The number of hydrogen-bond donors (Lipinski definition) is 3. The van der Waals surface area contributed by atoms with Crippen LogP contribution in [0.2, 0.25) is 0 Å². The third-order valence-corrected chi connectivity index (χ3v) is 4.22. The normalized spacial score (nSPS) is 12.4. The highest BCUT2D eigenvalue weighted by molar-refractivity contribution is 7.89. The van der Waals surface area contributed by atoms with E-state index in [2.05, 4.69) is 0 Å². The lowest BCUT2D eigenvalue weighted by molar-refractivity contribution is -0.387. The number of hydrogen-bond acceptors (Lipinski definition) is 6. The van der Waals surface area contributed by atoms with Crippen LogP contribution in [0, 0.1) is 21.7 Å². The molecule has 0 aliphatic rings. The van der Waals surface area contributed by atoms with Gasteiger partial charge >= 0.3 is 5.69 Å². The number of rotatable bonds is 6. The molecule has 0 atom stereocenters. The molecule has 1 aromatic rings. The summed E-state index contributed by atoms with van der Waals surface area (Å²) in [5, 5.41) is 28.6. The Morgan fingerprint density at radius 1 is 1.29 bits per heavy atom. The minimum absolute atomic E-state index is 0.0714. The van der Waals surface area contributed by atoms with Gasteiger partial charge in [-0.3, -0.25) is 10.1 Å².